The lowest BCUT2D eigenvalue weighted by molar-refractivity contribution is -0.167. The fourth-order valence-corrected chi connectivity index (χ4v) is 5.79. The molecule has 6 heteroatoms. The predicted octanol–water partition coefficient (Wildman–Crippen LogP) is 12.1. The van der Waals surface area contributed by atoms with Crippen molar-refractivity contribution in [2.24, 2.45) is 0 Å². The van der Waals surface area contributed by atoms with Gasteiger partial charge >= 0.3 is 17.9 Å². The van der Waals surface area contributed by atoms with E-state index in [2.05, 4.69) is 20.8 Å². The molecule has 0 aliphatic rings. The number of rotatable bonds is 36. The maximum atomic E-state index is 12.4. The Bertz CT molecular complexity index is 679. The molecule has 0 aliphatic heterocycles. The van der Waals surface area contributed by atoms with Crippen molar-refractivity contribution in [3.05, 3.63) is 0 Å². The maximum Gasteiger partial charge on any atom is 0.306 e. The molecule has 0 amide bonds. The van der Waals surface area contributed by atoms with Crippen LogP contribution in [0.1, 0.15) is 220 Å². The molecule has 0 radical (unpaired) electrons. The summed E-state index contributed by atoms with van der Waals surface area (Å²) in [6.07, 6.45) is 34.0. The number of unbranched alkanes of at least 4 members (excludes halogenated alkanes) is 25. The third-order valence-electron chi connectivity index (χ3n) is 8.86. The van der Waals surface area contributed by atoms with E-state index in [1.807, 2.05) is 0 Å². The van der Waals surface area contributed by atoms with Gasteiger partial charge in [-0.3, -0.25) is 14.4 Å². The number of ether oxygens (including phenoxy) is 3. The van der Waals surface area contributed by atoms with Gasteiger partial charge in [0.05, 0.1) is 0 Å². The van der Waals surface area contributed by atoms with Crippen molar-refractivity contribution < 1.29 is 28.6 Å². The van der Waals surface area contributed by atoms with E-state index in [1.165, 1.54) is 116 Å². The molecular formula is C40H76O6. The van der Waals surface area contributed by atoms with Gasteiger partial charge in [-0.2, -0.15) is 0 Å². The van der Waals surface area contributed by atoms with Crippen LogP contribution in [-0.4, -0.2) is 37.2 Å². The van der Waals surface area contributed by atoms with E-state index in [1.54, 1.807) is 0 Å². The minimum absolute atomic E-state index is 0.0652. The van der Waals surface area contributed by atoms with Crippen molar-refractivity contribution in [3.8, 4) is 0 Å². The molecule has 0 fully saturated rings. The molecule has 0 saturated carbocycles. The van der Waals surface area contributed by atoms with Crippen LogP contribution in [0.3, 0.4) is 0 Å². The van der Waals surface area contributed by atoms with Crippen LogP contribution < -0.4 is 0 Å². The van der Waals surface area contributed by atoms with Gasteiger partial charge in [-0.25, -0.2) is 0 Å². The van der Waals surface area contributed by atoms with Gasteiger partial charge in [0, 0.05) is 19.3 Å². The molecule has 0 spiro atoms. The van der Waals surface area contributed by atoms with E-state index in [-0.39, 0.29) is 31.1 Å². The van der Waals surface area contributed by atoms with Crippen molar-refractivity contribution in [1.82, 2.24) is 0 Å². The number of esters is 3. The second-order valence-electron chi connectivity index (χ2n) is 13.6. The van der Waals surface area contributed by atoms with Crippen molar-refractivity contribution in [3.63, 3.8) is 0 Å². The maximum absolute atomic E-state index is 12.4. The van der Waals surface area contributed by atoms with Gasteiger partial charge in [-0.1, -0.05) is 181 Å². The monoisotopic (exact) mass is 653 g/mol. The van der Waals surface area contributed by atoms with Gasteiger partial charge in [-0.05, 0) is 19.3 Å². The van der Waals surface area contributed by atoms with Crippen LogP contribution in [0.4, 0.5) is 0 Å². The van der Waals surface area contributed by atoms with E-state index in [0.717, 1.165) is 64.2 Å². The van der Waals surface area contributed by atoms with E-state index in [4.69, 9.17) is 14.2 Å². The average Bonchev–Trinajstić information content (AvgIpc) is 3.05. The summed E-state index contributed by atoms with van der Waals surface area (Å²) in [6, 6.07) is 0. The SMILES string of the molecule is CCCCCCCCCCCCCCCCC(=O)OC[C@H](COC(=O)CCCCCCCCCCC)OC(=O)CCCCCCC. The van der Waals surface area contributed by atoms with E-state index >= 15 is 0 Å². The largest absolute Gasteiger partial charge is 0.462 e. The summed E-state index contributed by atoms with van der Waals surface area (Å²) >= 11 is 0. The van der Waals surface area contributed by atoms with E-state index < -0.39 is 6.10 Å². The van der Waals surface area contributed by atoms with Gasteiger partial charge in [-0.15, -0.1) is 0 Å². The second-order valence-corrected chi connectivity index (χ2v) is 13.6. The van der Waals surface area contributed by atoms with Crippen LogP contribution in [-0.2, 0) is 28.6 Å². The zero-order valence-electron chi connectivity index (χ0n) is 30.9. The molecule has 0 saturated heterocycles. The van der Waals surface area contributed by atoms with Crippen molar-refractivity contribution in [2.45, 2.75) is 226 Å². The molecule has 0 rings (SSSR count). The predicted molar refractivity (Wildman–Crippen MR) is 192 cm³/mol. The number of hydrogen-bond acceptors (Lipinski definition) is 6. The lowest BCUT2D eigenvalue weighted by atomic mass is 10.0. The first-order valence-corrected chi connectivity index (χ1v) is 20.0. The normalized spacial score (nSPS) is 11.8. The number of hydrogen-bond donors (Lipinski definition) is 0. The van der Waals surface area contributed by atoms with Crippen molar-refractivity contribution >= 4 is 17.9 Å². The van der Waals surface area contributed by atoms with Crippen LogP contribution in [0.5, 0.6) is 0 Å². The Balaban J connectivity index is 4.17. The molecule has 0 aromatic carbocycles. The van der Waals surface area contributed by atoms with Crippen LogP contribution in [0, 0.1) is 0 Å². The standard InChI is InChI=1S/C40H76O6/c1-4-7-10-13-15-17-18-19-20-21-23-25-28-30-33-39(42)45-36-37(46-40(43)34-31-26-12-9-6-3)35-44-38(41)32-29-27-24-22-16-14-11-8-5-2/h37H,4-36H2,1-3H3/t37-/m0/s1. The lowest BCUT2D eigenvalue weighted by Crippen LogP contribution is -2.30. The first kappa shape index (κ1) is 44.4. The molecule has 0 aromatic heterocycles. The van der Waals surface area contributed by atoms with Crippen molar-refractivity contribution in [2.75, 3.05) is 13.2 Å². The zero-order valence-corrected chi connectivity index (χ0v) is 30.9. The van der Waals surface area contributed by atoms with Gasteiger partial charge in [0.25, 0.3) is 0 Å². The molecule has 0 aromatic rings. The molecule has 0 heterocycles. The summed E-state index contributed by atoms with van der Waals surface area (Å²) in [5, 5.41) is 0. The Morgan fingerprint density at radius 1 is 0.348 bits per heavy atom. The second kappa shape index (κ2) is 36.2. The third kappa shape index (κ3) is 33.8. The fraction of sp³-hybridized carbons (Fsp3) is 0.925. The summed E-state index contributed by atoms with van der Waals surface area (Å²) in [4.78, 5) is 37.2. The van der Waals surface area contributed by atoms with Crippen LogP contribution in [0.15, 0.2) is 0 Å². The first-order chi connectivity index (χ1) is 22.5. The average molecular weight is 653 g/mol. The topological polar surface area (TPSA) is 78.9 Å². The minimum atomic E-state index is -0.754. The molecule has 272 valence electrons. The Kier molecular flexibility index (Phi) is 35.0. The highest BCUT2D eigenvalue weighted by Crippen LogP contribution is 2.15. The lowest BCUT2D eigenvalue weighted by Gasteiger charge is -2.18. The molecule has 1 atom stereocenters. The highest BCUT2D eigenvalue weighted by atomic mass is 16.6. The molecular weight excluding hydrogens is 576 g/mol. The molecule has 46 heavy (non-hydrogen) atoms. The Labute approximate surface area is 285 Å². The highest BCUT2D eigenvalue weighted by Gasteiger charge is 2.19. The fourth-order valence-electron chi connectivity index (χ4n) is 5.79. The highest BCUT2D eigenvalue weighted by molar-refractivity contribution is 5.71. The Hall–Kier alpha value is -1.59. The third-order valence-corrected chi connectivity index (χ3v) is 8.86. The van der Waals surface area contributed by atoms with Crippen LogP contribution in [0.2, 0.25) is 0 Å². The number of carbonyl (C=O) groups excluding carboxylic acids is 3. The van der Waals surface area contributed by atoms with Crippen LogP contribution in [0.25, 0.3) is 0 Å². The molecule has 0 unspecified atom stereocenters. The molecule has 0 N–H and O–H groups in total. The Morgan fingerprint density at radius 3 is 0.870 bits per heavy atom. The van der Waals surface area contributed by atoms with Gasteiger partial charge in [0.2, 0.25) is 0 Å². The van der Waals surface area contributed by atoms with E-state index in [9.17, 15) is 14.4 Å². The molecule has 0 bridgehead atoms. The summed E-state index contributed by atoms with van der Waals surface area (Å²) in [5.41, 5.74) is 0. The van der Waals surface area contributed by atoms with Crippen LogP contribution >= 0.6 is 0 Å². The van der Waals surface area contributed by atoms with Gasteiger partial charge in [0.1, 0.15) is 13.2 Å². The number of carbonyl (C=O) groups is 3. The smallest absolute Gasteiger partial charge is 0.306 e. The van der Waals surface area contributed by atoms with Gasteiger partial charge < -0.3 is 14.2 Å². The van der Waals surface area contributed by atoms with Gasteiger partial charge in [0.15, 0.2) is 6.10 Å². The molecule has 6 nitrogen and oxygen atoms in total. The summed E-state index contributed by atoms with van der Waals surface area (Å²) in [5.74, 6) is -0.877. The first-order valence-electron chi connectivity index (χ1n) is 20.0. The molecule has 0 aliphatic carbocycles. The summed E-state index contributed by atoms with van der Waals surface area (Å²) in [7, 11) is 0. The van der Waals surface area contributed by atoms with Crippen molar-refractivity contribution in [1.29, 1.82) is 0 Å². The Morgan fingerprint density at radius 2 is 0.587 bits per heavy atom. The van der Waals surface area contributed by atoms with E-state index in [0.29, 0.717) is 19.3 Å². The quantitative estimate of drug-likeness (QED) is 0.0381. The minimum Gasteiger partial charge on any atom is -0.462 e. The summed E-state index contributed by atoms with van der Waals surface area (Å²) in [6.45, 7) is 6.53. The zero-order chi connectivity index (χ0) is 33.8. The summed E-state index contributed by atoms with van der Waals surface area (Å²) < 4.78 is 16.5.